The lowest BCUT2D eigenvalue weighted by molar-refractivity contribution is 0.285. The molecule has 0 spiro atoms. The SMILES string of the molecule is CC(=S)SC(C)O. The summed E-state index contributed by atoms with van der Waals surface area (Å²) in [6, 6.07) is 0. The van der Waals surface area contributed by atoms with Gasteiger partial charge >= 0.3 is 0 Å². The molecule has 0 saturated carbocycles. The van der Waals surface area contributed by atoms with Crippen LogP contribution in [0.4, 0.5) is 0 Å². The van der Waals surface area contributed by atoms with E-state index in [-0.39, 0.29) is 5.44 Å². The molecule has 1 nitrogen and oxygen atoms in total. The van der Waals surface area contributed by atoms with Gasteiger partial charge in [0.05, 0.1) is 0 Å². The Hall–Kier alpha value is 0.400. The highest BCUT2D eigenvalue weighted by molar-refractivity contribution is 8.23. The van der Waals surface area contributed by atoms with E-state index < -0.39 is 0 Å². The molecule has 0 aliphatic carbocycles. The number of thiocarbonyl (C=S) groups is 1. The second-order valence-corrected chi connectivity index (χ2v) is 3.61. The monoisotopic (exact) mass is 136 g/mol. The third-order valence-electron chi connectivity index (χ3n) is 0.337. The van der Waals surface area contributed by atoms with Crippen LogP contribution in [0, 0.1) is 0 Å². The van der Waals surface area contributed by atoms with Gasteiger partial charge in [-0.15, -0.1) is 0 Å². The fourth-order valence-electron chi connectivity index (χ4n) is 0.240. The van der Waals surface area contributed by atoms with Gasteiger partial charge in [0, 0.05) is 4.20 Å². The molecular weight excluding hydrogens is 128 g/mol. The molecule has 0 aromatic heterocycles. The van der Waals surface area contributed by atoms with Crippen molar-refractivity contribution < 1.29 is 5.11 Å². The van der Waals surface area contributed by atoms with E-state index in [1.165, 1.54) is 11.8 Å². The van der Waals surface area contributed by atoms with E-state index in [0.717, 1.165) is 4.20 Å². The molecule has 0 fully saturated rings. The molecule has 3 heteroatoms. The average molecular weight is 136 g/mol. The summed E-state index contributed by atoms with van der Waals surface area (Å²) < 4.78 is 0.787. The minimum Gasteiger partial charge on any atom is -0.382 e. The number of hydrogen-bond acceptors (Lipinski definition) is 3. The number of rotatable bonds is 1. The average Bonchev–Trinajstić information content (AvgIpc) is 1.27. The number of aliphatic hydroxyl groups excluding tert-OH is 1. The van der Waals surface area contributed by atoms with Crippen LogP contribution in [0.1, 0.15) is 13.8 Å². The minimum atomic E-state index is -0.350. The second kappa shape index (κ2) is 3.41. The molecule has 0 radical (unpaired) electrons. The fraction of sp³-hybridized carbons (Fsp3) is 0.750. The predicted octanol–water partition coefficient (Wildman–Crippen LogP) is 1.41. The Kier molecular flexibility index (Phi) is 3.60. The highest BCUT2D eigenvalue weighted by atomic mass is 32.2. The Balaban J connectivity index is 3.13. The third-order valence-corrected chi connectivity index (χ3v) is 1.30. The van der Waals surface area contributed by atoms with E-state index in [4.69, 9.17) is 5.11 Å². The Morgan fingerprint density at radius 3 is 2.29 bits per heavy atom. The molecule has 0 bridgehead atoms. The first-order chi connectivity index (χ1) is 3.13. The maximum absolute atomic E-state index is 8.60. The van der Waals surface area contributed by atoms with Crippen molar-refractivity contribution in [3.05, 3.63) is 0 Å². The van der Waals surface area contributed by atoms with Crippen molar-refractivity contribution in [2.75, 3.05) is 0 Å². The van der Waals surface area contributed by atoms with E-state index in [2.05, 4.69) is 12.2 Å². The van der Waals surface area contributed by atoms with Gasteiger partial charge in [-0.3, -0.25) is 0 Å². The van der Waals surface area contributed by atoms with Gasteiger partial charge < -0.3 is 5.11 Å². The van der Waals surface area contributed by atoms with E-state index in [1.54, 1.807) is 13.8 Å². The van der Waals surface area contributed by atoms with Crippen LogP contribution >= 0.6 is 24.0 Å². The van der Waals surface area contributed by atoms with Crippen LogP contribution in [-0.2, 0) is 0 Å². The largest absolute Gasteiger partial charge is 0.382 e. The summed E-state index contributed by atoms with van der Waals surface area (Å²) in [6.45, 7) is 3.49. The zero-order valence-electron chi connectivity index (χ0n) is 4.34. The summed E-state index contributed by atoms with van der Waals surface area (Å²) in [5, 5.41) is 8.60. The van der Waals surface area contributed by atoms with Gasteiger partial charge in [-0.2, -0.15) is 0 Å². The van der Waals surface area contributed by atoms with Crippen molar-refractivity contribution in [2.24, 2.45) is 0 Å². The first-order valence-electron chi connectivity index (χ1n) is 1.98. The van der Waals surface area contributed by atoms with Gasteiger partial charge in [-0.05, 0) is 13.8 Å². The standard InChI is InChI=1S/C4H8OS2/c1-3(5)7-4(2)6/h3,5H,1-2H3. The van der Waals surface area contributed by atoms with Crippen molar-refractivity contribution in [1.82, 2.24) is 0 Å². The lowest BCUT2D eigenvalue weighted by atomic mass is 10.9. The molecule has 1 atom stereocenters. The first-order valence-corrected chi connectivity index (χ1v) is 3.27. The normalized spacial score (nSPS) is 13.6. The van der Waals surface area contributed by atoms with Crippen LogP contribution < -0.4 is 0 Å². The minimum absolute atomic E-state index is 0.350. The molecule has 0 aliphatic heterocycles. The Bertz CT molecular complexity index is 70.1. The molecule has 0 amide bonds. The van der Waals surface area contributed by atoms with Crippen molar-refractivity contribution in [2.45, 2.75) is 19.3 Å². The van der Waals surface area contributed by atoms with Gasteiger partial charge in [0.25, 0.3) is 0 Å². The zero-order chi connectivity index (χ0) is 5.86. The summed E-state index contributed by atoms with van der Waals surface area (Å²) in [6.07, 6.45) is 0. The van der Waals surface area contributed by atoms with Gasteiger partial charge in [0.2, 0.25) is 0 Å². The van der Waals surface area contributed by atoms with Crippen molar-refractivity contribution >= 4 is 28.2 Å². The van der Waals surface area contributed by atoms with E-state index in [0.29, 0.717) is 0 Å². The van der Waals surface area contributed by atoms with Gasteiger partial charge in [-0.1, -0.05) is 24.0 Å². The van der Waals surface area contributed by atoms with Crippen LogP contribution in [0.5, 0.6) is 0 Å². The van der Waals surface area contributed by atoms with Crippen LogP contribution in [0.15, 0.2) is 0 Å². The summed E-state index contributed by atoms with van der Waals surface area (Å²) in [5.74, 6) is 0. The molecule has 0 aromatic carbocycles. The van der Waals surface area contributed by atoms with E-state index >= 15 is 0 Å². The zero-order valence-corrected chi connectivity index (χ0v) is 5.97. The number of thioether (sulfide) groups is 1. The van der Waals surface area contributed by atoms with Crippen molar-refractivity contribution in [3.63, 3.8) is 0 Å². The molecular formula is C4H8OS2. The van der Waals surface area contributed by atoms with E-state index in [9.17, 15) is 0 Å². The topological polar surface area (TPSA) is 20.2 Å². The molecule has 0 heterocycles. The lowest BCUT2D eigenvalue weighted by Gasteiger charge is -1.97. The maximum atomic E-state index is 8.60. The number of aliphatic hydroxyl groups is 1. The molecule has 7 heavy (non-hydrogen) atoms. The molecule has 0 aliphatic rings. The molecule has 0 aromatic rings. The molecule has 42 valence electrons. The molecule has 1 unspecified atom stereocenters. The van der Waals surface area contributed by atoms with Crippen LogP contribution in [-0.4, -0.2) is 14.7 Å². The Labute approximate surface area is 53.1 Å². The summed E-state index contributed by atoms with van der Waals surface area (Å²) in [4.78, 5) is 0. The van der Waals surface area contributed by atoms with E-state index in [1.807, 2.05) is 0 Å². The van der Waals surface area contributed by atoms with Gasteiger partial charge in [-0.25, -0.2) is 0 Å². The Morgan fingerprint density at radius 2 is 2.29 bits per heavy atom. The highest BCUT2D eigenvalue weighted by Gasteiger charge is 1.93. The van der Waals surface area contributed by atoms with Gasteiger partial charge in [0.15, 0.2) is 0 Å². The molecule has 1 N–H and O–H groups in total. The Morgan fingerprint density at radius 1 is 1.86 bits per heavy atom. The van der Waals surface area contributed by atoms with Crippen LogP contribution in [0.2, 0.25) is 0 Å². The van der Waals surface area contributed by atoms with Crippen molar-refractivity contribution in [3.8, 4) is 0 Å². The second-order valence-electron chi connectivity index (χ2n) is 1.21. The maximum Gasteiger partial charge on any atom is 0.101 e. The van der Waals surface area contributed by atoms with Crippen molar-refractivity contribution in [1.29, 1.82) is 0 Å². The summed E-state index contributed by atoms with van der Waals surface area (Å²) in [7, 11) is 0. The lowest BCUT2D eigenvalue weighted by Crippen LogP contribution is -1.93. The van der Waals surface area contributed by atoms with Gasteiger partial charge in [0.1, 0.15) is 5.44 Å². The van der Waals surface area contributed by atoms with Crippen LogP contribution in [0.3, 0.4) is 0 Å². The fourth-order valence-corrected chi connectivity index (χ4v) is 1.14. The summed E-state index contributed by atoms with van der Waals surface area (Å²) in [5.41, 5.74) is -0.350. The first kappa shape index (κ1) is 7.40. The smallest absolute Gasteiger partial charge is 0.101 e. The number of hydrogen-bond donors (Lipinski definition) is 1. The molecule has 0 rings (SSSR count). The quantitative estimate of drug-likeness (QED) is 0.435. The summed E-state index contributed by atoms with van der Waals surface area (Å²) >= 11 is 5.97. The predicted molar refractivity (Wildman–Crippen MR) is 37.5 cm³/mol. The van der Waals surface area contributed by atoms with Crippen LogP contribution in [0.25, 0.3) is 0 Å². The molecule has 0 saturated heterocycles. The third kappa shape index (κ3) is 6.40. The highest BCUT2D eigenvalue weighted by Crippen LogP contribution is 2.08.